The van der Waals surface area contributed by atoms with Crippen molar-refractivity contribution >= 4 is 45.3 Å². The zero-order valence-electron chi connectivity index (χ0n) is 19.2. The average molecular weight is 544 g/mol. The number of benzene rings is 3. The number of alkyl halides is 1. The molecular formula is C28H20BrN2O5-. The molecule has 3 amide bonds. The van der Waals surface area contributed by atoms with Crippen LogP contribution in [0.1, 0.15) is 44.1 Å². The van der Waals surface area contributed by atoms with Crippen LogP contribution in [-0.2, 0) is 18.7 Å². The molecule has 1 N–H and O–H groups in total. The number of carbonyl (C=O) groups is 4. The molecule has 3 aromatic rings. The molecule has 0 radical (unpaired) electrons. The van der Waals surface area contributed by atoms with Crippen molar-refractivity contribution in [3.63, 3.8) is 0 Å². The van der Waals surface area contributed by atoms with Gasteiger partial charge in [-0.25, -0.2) is 0 Å². The predicted octanol–water partition coefficient (Wildman–Crippen LogP) is 2.70. The Balaban J connectivity index is 1.35. The monoisotopic (exact) mass is 543 g/mol. The van der Waals surface area contributed by atoms with Gasteiger partial charge < -0.3 is 15.2 Å². The van der Waals surface area contributed by atoms with Crippen molar-refractivity contribution < 1.29 is 24.3 Å². The number of rotatable bonds is 4. The number of likely N-dealkylation sites (tertiary alicyclic amines) is 1. The molecule has 8 heteroatoms. The van der Waals surface area contributed by atoms with E-state index in [9.17, 15) is 24.3 Å². The summed E-state index contributed by atoms with van der Waals surface area (Å²) in [7, 11) is 0. The number of halogens is 1. The summed E-state index contributed by atoms with van der Waals surface area (Å²) < 4.78 is -0.878. The van der Waals surface area contributed by atoms with E-state index in [1.165, 1.54) is 12.1 Å². The summed E-state index contributed by atoms with van der Waals surface area (Å²) in [5.74, 6) is -4.32. The lowest BCUT2D eigenvalue weighted by Crippen LogP contribution is -2.50. The van der Waals surface area contributed by atoms with Crippen molar-refractivity contribution in [2.75, 3.05) is 11.9 Å². The van der Waals surface area contributed by atoms with Gasteiger partial charge in [0.1, 0.15) is 6.54 Å². The van der Waals surface area contributed by atoms with Gasteiger partial charge in [-0.2, -0.15) is 0 Å². The molecule has 2 bridgehead atoms. The van der Waals surface area contributed by atoms with Gasteiger partial charge in [-0.1, -0.05) is 76.6 Å². The van der Waals surface area contributed by atoms with Crippen LogP contribution >= 0.6 is 15.9 Å². The molecule has 0 unspecified atom stereocenters. The number of anilines is 1. The largest absolute Gasteiger partial charge is 0.545 e. The minimum absolute atomic E-state index is 0.0800. The first-order chi connectivity index (χ1) is 17.2. The second kappa shape index (κ2) is 7.86. The van der Waals surface area contributed by atoms with Gasteiger partial charge in [0.05, 0.1) is 22.1 Å². The lowest BCUT2D eigenvalue weighted by atomic mass is 9.55. The van der Waals surface area contributed by atoms with E-state index in [0.717, 1.165) is 27.2 Å². The fourth-order valence-electron chi connectivity index (χ4n) is 6.11. The predicted molar refractivity (Wildman–Crippen MR) is 132 cm³/mol. The highest BCUT2D eigenvalue weighted by molar-refractivity contribution is 9.09. The third kappa shape index (κ3) is 2.97. The average Bonchev–Trinajstić information content (AvgIpc) is 3.12. The minimum atomic E-state index is -1.36. The van der Waals surface area contributed by atoms with Crippen molar-refractivity contribution in [1.82, 2.24) is 4.90 Å². The highest BCUT2D eigenvalue weighted by Gasteiger charge is 2.67. The van der Waals surface area contributed by atoms with Crippen LogP contribution in [0.4, 0.5) is 5.69 Å². The Kier molecular flexibility index (Phi) is 4.95. The van der Waals surface area contributed by atoms with E-state index in [4.69, 9.17) is 0 Å². The van der Waals surface area contributed by atoms with Gasteiger partial charge in [-0.05, 0) is 46.4 Å². The normalized spacial score (nSPS) is 25.3. The van der Waals surface area contributed by atoms with Crippen molar-refractivity contribution in [3.8, 4) is 0 Å². The Labute approximate surface area is 215 Å². The summed E-state index contributed by atoms with van der Waals surface area (Å²) in [5.41, 5.74) is 4.81. The maximum atomic E-state index is 13.8. The molecule has 36 heavy (non-hydrogen) atoms. The summed E-state index contributed by atoms with van der Waals surface area (Å²) in [6.07, 6.45) is 0. The topological polar surface area (TPSA) is 107 Å². The van der Waals surface area contributed by atoms with E-state index in [1.807, 2.05) is 48.5 Å². The number of carboxylic acid groups (broad SMARTS) is 1. The lowest BCUT2D eigenvalue weighted by molar-refractivity contribution is -0.255. The number of nitrogens with zero attached hydrogens (tertiary/aromatic N) is 1. The quantitative estimate of drug-likeness (QED) is 0.402. The smallest absolute Gasteiger partial charge is 0.244 e. The summed E-state index contributed by atoms with van der Waals surface area (Å²) >= 11 is 3.92. The molecular weight excluding hydrogens is 524 g/mol. The maximum absolute atomic E-state index is 13.8. The van der Waals surface area contributed by atoms with E-state index in [1.54, 1.807) is 13.0 Å². The summed E-state index contributed by atoms with van der Waals surface area (Å²) in [6, 6.07) is 20.0. The Morgan fingerprint density at radius 3 is 2.19 bits per heavy atom. The number of aromatic carboxylic acids is 1. The highest BCUT2D eigenvalue weighted by Crippen LogP contribution is 2.66. The molecule has 0 saturated carbocycles. The van der Waals surface area contributed by atoms with Gasteiger partial charge in [0.25, 0.3) is 0 Å². The van der Waals surface area contributed by atoms with E-state index < -0.39 is 40.5 Å². The molecule has 0 spiro atoms. The van der Waals surface area contributed by atoms with Crippen LogP contribution in [-0.4, -0.2) is 35.1 Å². The first kappa shape index (κ1) is 22.7. The maximum Gasteiger partial charge on any atom is 0.244 e. The highest BCUT2D eigenvalue weighted by atomic mass is 79.9. The molecule has 7 nitrogen and oxygen atoms in total. The Morgan fingerprint density at radius 2 is 1.58 bits per heavy atom. The first-order valence-electron chi connectivity index (χ1n) is 11.6. The minimum Gasteiger partial charge on any atom is -0.545 e. The molecule has 1 heterocycles. The van der Waals surface area contributed by atoms with Crippen LogP contribution in [0, 0.1) is 18.8 Å². The molecule has 4 aliphatic rings. The number of nitrogens with one attached hydrogen (secondary N) is 1. The summed E-state index contributed by atoms with van der Waals surface area (Å²) in [4.78, 5) is 52.7. The van der Waals surface area contributed by atoms with Crippen molar-refractivity contribution in [3.05, 3.63) is 100 Å². The third-order valence-electron chi connectivity index (χ3n) is 7.65. The number of hydrogen-bond acceptors (Lipinski definition) is 5. The second-order valence-electron chi connectivity index (χ2n) is 9.50. The van der Waals surface area contributed by atoms with E-state index in [-0.39, 0.29) is 23.1 Å². The Morgan fingerprint density at radius 1 is 0.972 bits per heavy atom. The van der Waals surface area contributed by atoms with Crippen molar-refractivity contribution in [1.29, 1.82) is 0 Å². The number of carbonyl (C=O) groups excluding carboxylic acids is 4. The number of amides is 3. The van der Waals surface area contributed by atoms with E-state index in [2.05, 4.69) is 21.2 Å². The van der Waals surface area contributed by atoms with Crippen LogP contribution in [0.2, 0.25) is 0 Å². The molecule has 3 aromatic carbocycles. The van der Waals surface area contributed by atoms with Crippen molar-refractivity contribution in [2.24, 2.45) is 11.8 Å². The van der Waals surface area contributed by atoms with Crippen LogP contribution < -0.4 is 10.4 Å². The van der Waals surface area contributed by atoms with Gasteiger partial charge in [-0.15, -0.1) is 0 Å². The fraction of sp³-hybridized carbons (Fsp3) is 0.214. The SMILES string of the molecule is Cc1ccc(C(=O)[O-])cc1NC(=O)CN1C(=O)[C@@H]2C3c4ccccc4C(Br)(c4ccccc43)[C@H]2C1=O. The zero-order valence-corrected chi connectivity index (χ0v) is 20.7. The van der Waals surface area contributed by atoms with Crippen molar-refractivity contribution in [2.45, 2.75) is 17.2 Å². The molecule has 1 fully saturated rings. The molecule has 7 rings (SSSR count). The van der Waals surface area contributed by atoms with Crippen LogP contribution in [0.3, 0.4) is 0 Å². The lowest BCUT2D eigenvalue weighted by Gasteiger charge is -2.51. The summed E-state index contributed by atoms with van der Waals surface area (Å²) in [6.45, 7) is 1.26. The molecule has 2 atom stereocenters. The molecule has 1 saturated heterocycles. The van der Waals surface area contributed by atoms with E-state index >= 15 is 0 Å². The molecule has 3 aliphatic carbocycles. The first-order valence-corrected chi connectivity index (χ1v) is 12.4. The number of carboxylic acids is 1. The van der Waals surface area contributed by atoms with Gasteiger partial charge in [0.15, 0.2) is 0 Å². The van der Waals surface area contributed by atoms with Crippen LogP contribution in [0.25, 0.3) is 0 Å². The summed E-state index contributed by atoms with van der Waals surface area (Å²) in [5, 5.41) is 13.9. The second-order valence-corrected chi connectivity index (χ2v) is 10.7. The third-order valence-corrected chi connectivity index (χ3v) is 9.00. The molecule has 1 aliphatic heterocycles. The van der Waals surface area contributed by atoms with Gasteiger partial charge in [0.2, 0.25) is 17.7 Å². The Hall–Kier alpha value is -3.78. The Bertz CT molecular complexity index is 1450. The van der Waals surface area contributed by atoms with E-state index in [0.29, 0.717) is 5.56 Å². The van der Waals surface area contributed by atoms with Crippen LogP contribution in [0.5, 0.6) is 0 Å². The fourth-order valence-corrected chi connectivity index (χ4v) is 7.31. The zero-order chi connectivity index (χ0) is 25.4. The van der Waals surface area contributed by atoms with Gasteiger partial charge in [-0.3, -0.25) is 19.3 Å². The van der Waals surface area contributed by atoms with Crippen LogP contribution in [0.15, 0.2) is 66.7 Å². The molecule has 180 valence electrons. The van der Waals surface area contributed by atoms with Gasteiger partial charge in [0, 0.05) is 11.6 Å². The van der Waals surface area contributed by atoms with Gasteiger partial charge >= 0.3 is 0 Å². The standard InChI is InChI=1S/C28H21BrN2O5/c1-14-10-11-15(27(35)36)12-20(14)30-21(32)13-31-25(33)23-22-16-6-2-4-8-18(16)28(29,24(23)26(31)34)19-9-5-3-7-17(19)22/h2-12,22-24H,13H2,1H3,(H,30,32)(H,35,36)/p-1/t22?,23-,24-,28?/m1/s1. The number of imide groups is 1. The molecule has 0 aromatic heterocycles. The number of aryl methyl sites for hydroxylation is 1. The number of hydrogen-bond donors (Lipinski definition) is 1.